The number of aryl methyl sites for hydroxylation is 2. The molecule has 3 aromatic heterocycles. The van der Waals surface area contributed by atoms with Gasteiger partial charge in [0, 0.05) is 25.4 Å². The standard InChI is InChI=1S/C15H19N7O2/c1-9(11-5-17-20(3)10(11)2)19-13(23)7-22-8-16-14-12(15(22)24)6-18-21(14)4/h5-6,8-9H,7H2,1-4H3,(H,19,23). The summed E-state index contributed by atoms with van der Waals surface area (Å²) in [4.78, 5) is 28.8. The van der Waals surface area contributed by atoms with E-state index in [0.29, 0.717) is 11.0 Å². The first kappa shape index (κ1) is 15.9. The Morgan fingerprint density at radius 3 is 2.62 bits per heavy atom. The number of aromatic nitrogens is 6. The molecule has 1 unspecified atom stereocenters. The number of fused-ring (bicyclic) bond motifs is 1. The second-order valence-electron chi connectivity index (χ2n) is 5.78. The zero-order valence-corrected chi connectivity index (χ0v) is 14.0. The lowest BCUT2D eigenvalue weighted by molar-refractivity contribution is -0.122. The third-order valence-electron chi connectivity index (χ3n) is 4.15. The Balaban J connectivity index is 1.76. The molecular weight excluding hydrogens is 310 g/mol. The van der Waals surface area contributed by atoms with Crippen molar-refractivity contribution < 1.29 is 4.79 Å². The Morgan fingerprint density at radius 2 is 1.96 bits per heavy atom. The Bertz CT molecular complexity index is 966. The highest BCUT2D eigenvalue weighted by Crippen LogP contribution is 2.15. The molecule has 0 radical (unpaired) electrons. The third-order valence-corrected chi connectivity index (χ3v) is 4.15. The summed E-state index contributed by atoms with van der Waals surface area (Å²) in [5.74, 6) is -0.266. The molecular formula is C15H19N7O2. The lowest BCUT2D eigenvalue weighted by Crippen LogP contribution is -2.34. The molecule has 1 amide bonds. The highest BCUT2D eigenvalue weighted by Gasteiger charge is 2.16. The van der Waals surface area contributed by atoms with Gasteiger partial charge in [-0.1, -0.05) is 0 Å². The molecule has 1 atom stereocenters. The van der Waals surface area contributed by atoms with E-state index < -0.39 is 0 Å². The number of amides is 1. The van der Waals surface area contributed by atoms with Crippen LogP contribution in [-0.4, -0.2) is 35.0 Å². The van der Waals surface area contributed by atoms with E-state index in [1.807, 2.05) is 20.9 Å². The fourth-order valence-electron chi connectivity index (χ4n) is 2.64. The topological polar surface area (TPSA) is 99.6 Å². The summed E-state index contributed by atoms with van der Waals surface area (Å²) in [5, 5.41) is 11.4. The van der Waals surface area contributed by atoms with Crippen molar-refractivity contribution in [2.24, 2.45) is 14.1 Å². The minimum absolute atomic E-state index is 0.0969. The highest BCUT2D eigenvalue weighted by molar-refractivity contribution is 5.77. The van der Waals surface area contributed by atoms with Crippen LogP contribution in [0.25, 0.3) is 11.0 Å². The van der Waals surface area contributed by atoms with Crippen LogP contribution in [0.5, 0.6) is 0 Å². The number of nitrogens with one attached hydrogen (secondary N) is 1. The molecule has 0 fully saturated rings. The van der Waals surface area contributed by atoms with E-state index in [1.54, 1.807) is 17.9 Å². The fourth-order valence-corrected chi connectivity index (χ4v) is 2.64. The molecule has 9 heteroatoms. The molecule has 0 bridgehead atoms. The van der Waals surface area contributed by atoms with Gasteiger partial charge >= 0.3 is 0 Å². The van der Waals surface area contributed by atoms with Crippen LogP contribution in [0.1, 0.15) is 24.2 Å². The zero-order chi connectivity index (χ0) is 17.4. The highest BCUT2D eigenvalue weighted by atomic mass is 16.2. The van der Waals surface area contributed by atoms with Crippen LogP contribution >= 0.6 is 0 Å². The predicted molar refractivity (Wildman–Crippen MR) is 87.3 cm³/mol. The summed E-state index contributed by atoms with van der Waals surface area (Å²) in [6, 6.07) is -0.197. The van der Waals surface area contributed by atoms with Gasteiger partial charge in [0.2, 0.25) is 5.91 Å². The molecule has 1 N–H and O–H groups in total. The number of hydrogen-bond acceptors (Lipinski definition) is 5. The average molecular weight is 329 g/mol. The lowest BCUT2D eigenvalue weighted by Gasteiger charge is -2.14. The van der Waals surface area contributed by atoms with Crippen molar-refractivity contribution in [2.45, 2.75) is 26.4 Å². The molecule has 0 aliphatic carbocycles. The van der Waals surface area contributed by atoms with E-state index in [1.165, 1.54) is 21.8 Å². The van der Waals surface area contributed by atoms with Gasteiger partial charge in [0.05, 0.1) is 18.4 Å². The predicted octanol–water partition coefficient (Wildman–Crippen LogP) is 0.0493. The van der Waals surface area contributed by atoms with Gasteiger partial charge in [0.1, 0.15) is 18.3 Å². The summed E-state index contributed by atoms with van der Waals surface area (Å²) in [7, 11) is 3.56. The van der Waals surface area contributed by atoms with Crippen LogP contribution in [0.15, 0.2) is 23.5 Å². The van der Waals surface area contributed by atoms with Crippen LogP contribution in [0, 0.1) is 6.92 Å². The number of nitrogens with zero attached hydrogens (tertiary/aromatic N) is 6. The molecule has 0 aliphatic rings. The Labute approximate surface area is 137 Å². The van der Waals surface area contributed by atoms with Crippen molar-refractivity contribution in [1.29, 1.82) is 0 Å². The number of hydrogen-bond donors (Lipinski definition) is 1. The molecule has 0 spiro atoms. The van der Waals surface area contributed by atoms with Gasteiger partial charge in [0.25, 0.3) is 5.56 Å². The van der Waals surface area contributed by atoms with Gasteiger partial charge in [-0.25, -0.2) is 4.98 Å². The normalized spacial score (nSPS) is 12.5. The van der Waals surface area contributed by atoms with Gasteiger partial charge in [-0.3, -0.25) is 23.5 Å². The summed E-state index contributed by atoms with van der Waals surface area (Å²) in [5.41, 5.74) is 2.14. The van der Waals surface area contributed by atoms with E-state index in [0.717, 1.165) is 11.3 Å². The second kappa shape index (κ2) is 5.91. The molecule has 3 aromatic rings. The van der Waals surface area contributed by atoms with Crippen molar-refractivity contribution in [2.75, 3.05) is 0 Å². The molecule has 24 heavy (non-hydrogen) atoms. The van der Waals surface area contributed by atoms with E-state index in [9.17, 15) is 9.59 Å². The van der Waals surface area contributed by atoms with Crippen LogP contribution in [-0.2, 0) is 25.4 Å². The van der Waals surface area contributed by atoms with Crippen LogP contribution in [0.2, 0.25) is 0 Å². The molecule has 0 aliphatic heterocycles. The molecule has 3 heterocycles. The minimum atomic E-state index is -0.284. The molecule has 9 nitrogen and oxygen atoms in total. The molecule has 126 valence electrons. The summed E-state index contributed by atoms with van der Waals surface area (Å²) in [6.45, 7) is 3.73. The Morgan fingerprint density at radius 1 is 1.25 bits per heavy atom. The van der Waals surface area contributed by atoms with E-state index in [2.05, 4.69) is 20.5 Å². The van der Waals surface area contributed by atoms with Crippen LogP contribution < -0.4 is 10.9 Å². The maximum absolute atomic E-state index is 12.4. The zero-order valence-electron chi connectivity index (χ0n) is 14.0. The number of rotatable bonds is 4. The number of carbonyl (C=O) groups excluding carboxylic acids is 1. The van der Waals surface area contributed by atoms with Crippen molar-refractivity contribution >= 4 is 16.9 Å². The van der Waals surface area contributed by atoms with Crippen LogP contribution in [0.4, 0.5) is 0 Å². The van der Waals surface area contributed by atoms with E-state index >= 15 is 0 Å². The van der Waals surface area contributed by atoms with Gasteiger partial charge in [-0.15, -0.1) is 0 Å². The summed E-state index contributed by atoms with van der Waals surface area (Å²) in [6.07, 6.45) is 4.56. The van der Waals surface area contributed by atoms with Gasteiger partial charge in [-0.2, -0.15) is 10.2 Å². The summed E-state index contributed by atoms with van der Waals surface area (Å²) < 4.78 is 4.55. The fraction of sp³-hybridized carbons (Fsp3) is 0.400. The first-order valence-corrected chi connectivity index (χ1v) is 7.53. The van der Waals surface area contributed by atoms with Crippen LogP contribution in [0.3, 0.4) is 0 Å². The molecule has 3 rings (SSSR count). The van der Waals surface area contributed by atoms with Crippen molar-refractivity contribution in [1.82, 2.24) is 34.4 Å². The Hall–Kier alpha value is -2.97. The van der Waals surface area contributed by atoms with Gasteiger partial charge < -0.3 is 5.32 Å². The van der Waals surface area contributed by atoms with E-state index in [4.69, 9.17) is 0 Å². The maximum atomic E-state index is 12.4. The van der Waals surface area contributed by atoms with Gasteiger partial charge in [-0.05, 0) is 13.8 Å². The third kappa shape index (κ3) is 2.68. The lowest BCUT2D eigenvalue weighted by atomic mass is 10.1. The average Bonchev–Trinajstić information content (AvgIpc) is 3.07. The maximum Gasteiger partial charge on any atom is 0.264 e. The quantitative estimate of drug-likeness (QED) is 0.729. The van der Waals surface area contributed by atoms with Crippen molar-refractivity contribution in [3.05, 3.63) is 40.3 Å². The van der Waals surface area contributed by atoms with E-state index in [-0.39, 0.29) is 24.1 Å². The molecule has 0 aromatic carbocycles. The minimum Gasteiger partial charge on any atom is -0.348 e. The smallest absolute Gasteiger partial charge is 0.264 e. The van der Waals surface area contributed by atoms with Gasteiger partial charge in [0.15, 0.2) is 5.65 Å². The Kier molecular flexibility index (Phi) is 3.92. The monoisotopic (exact) mass is 329 g/mol. The number of carbonyl (C=O) groups is 1. The molecule has 0 saturated heterocycles. The first-order valence-electron chi connectivity index (χ1n) is 7.53. The largest absolute Gasteiger partial charge is 0.348 e. The van der Waals surface area contributed by atoms with Crippen molar-refractivity contribution in [3.63, 3.8) is 0 Å². The molecule has 0 saturated carbocycles. The summed E-state index contributed by atoms with van der Waals surface area (Å²) >= 11 is 0. The SMILES string of the molecule is Cc1c(C(C)NC(=O)Cn2cnc3c(cnn3C)c2=O)cnn1C. The second-order valence-corrected chi connectivity index (χ2v) is 5.78. The van der Waals surface area contributed by atoms with Crippen molar-refractivity contribution in [3.8, 4) is 0 Å². The first-order chi connectivity index (χ1) is 11.4.